The average molecular weight is 463 g/mol. The van der Waals surface area contributed by atoms with Gasteiger partial charge in [0.1, 0.15) is 5.82 Å². The van der Waals surface area contributed by atoms with Crippen molar-refractivity contribution in [3.05, 3.63) is 77.7 Å². The van der Waals surface area contributed by atoms with Crippen LogP contribution in [0.25, 0.3) is 0 Å². The molecule has 0 atom stereocenters. The summed E-state index contributed by atoms with van der Waals surface area (Å²) in [5, 5.41) is 8.21. The molecule has 10 heteroatoms. The van der Waals surface area contributed by atoms with Crippen molar-refractivity contribution in [2.24, 2.45) is 7.05 Å². The van der Waals surface area contributed by atoms with Gasteiger partial charge in [0.2, 0.25) is 5.95 Å². The van der Waals surface area contributed by atoms with Gasteiger partial charge < -0.3 is 16.0 Å². The van der Waals surface area contributed by atoms with Crippen LogP contribution >= 0.6 is 23.8 Å². The Morgan fingerprint density at radius 1 is 1.09 bits per heavy atom. The number of para-hydroxylation sites is 1. The number of thiocarbonyl (C=S) groups is 1. The van der Waals surface area contributed by atoms with Crippen LogP contribution in [0.2, 0.25) is 5.15 Å². The molecule has 0 radical (unpaired) electrons. The van der Waals surface area contributed by atoms with E-state index in [1.54, 1.807) is 24.1 Å². The van der Waals surface area contributed by atoms with Crippen molar-refractivity contribution in [2.75, 3.05) is 20.9 Å². The maximum atomic E-state index is 6.19. The molecule has 5 rings (SSSR count). The number of rotatable bonds is 4. The van der Waals surface area contributed by atoms with Gasteiger partial charge in [0.15, 0.2) is 10.3 Å². The van der Waals surface area contributed by atoms with Crippen LogP contribution in [0.4, 0.5) is 34.5 Å². The molecule has 3 N–H and O–H groups in total. The summed E-state index contributed by atoms with van der Waals surface area (Å²) in [4.78, 5) is 13.2. The summed E-state index contributed by atoms with van der Waals surface area (Å²) in [6, 6.07) is 17.6. The third kappa shape index (κ3) is 3.72. The maximum absolute atomic E-state index is 6.19. The average Bonchev–Trinajstić information content (AvgIpc) is 3.10. The molecular weight excluding hydrogens is 444 g/mol. The number of aromatic nitrogens is 4. The number of nitrogen functional groups attached to an aromatic ring is 1. The molecule has 1 aliphatic heterocycles. The fourth-order valence-electron chi connectivity index (χ4n) is 3.58. The summed E-state index contributed by atoms with van der Waals surface area (Å²) in [6.07, 6.45) is 3.56. The van der Waals surface area contributed by atoms with Crippen LogP contribution in [-0.4, -0.2) is 24.9 Å². The molecule has 2 aromatic carbocycles. The van der Waals surface area contributed by atoms with Gasteiger partial charge in [-0.2, -0.15) is 10.1 Å². The van der Waals surface area contributed by atoms with E-state index in [-0.39, 0.29) is 0 Å². The van der Waals surface area contributed by atoms with Gasteiger partial charge in [-0.1, -0.05) is 35.9 Å². The Bertz CT molecular complexity index is 1310. The van der Waals surface area contributed by atoms with Gasteiger partial charge in [-0.05, 0) is 42.5 Å². The topological polar surface area (TPSA) is 88.1 Å². The second-order valence-corrected chi connectivity index (χ2v) is 8.03. The largest absolute Gasteiger partial charge is 0.399 e. The number of benzene rings is 2. The van der Waals surface area contributed by atoms with Crippen LogP contribution in [0, 0.1) is 0 Å². The molecule has 0 fully saturated rings. The molecule has 1 aliphatic rings. The fourth-order valence-corrected chi connectivity index (χ4v) is 4.16. The molecule has 0 saturated carbocycles. The molecule has 0 aliphatic carbocycles. The van der Waals surface area contributed by atoms with Crippen LogP contribution in [0.1, 0.15) is 5.56 Å². The summed E-state index contributed by atoms with van der Waals surface area (Å²) in [5.74, 6) is 1.08. The molecule has 3 heterocycles. The van der Waals surface area contributed by atoms with E-state index in [0.717, 1.165) is 16.9 Å². The molecule has 4 aromatic rings. The zero-order valence-corrected chi connectivity index (χ0v) is 18.7. The number of halogens is 1. The van der Waals surface area contributed by atoms with E-state index in [4.69, 9.17) is 34.5 Å². The van der Waals surface area contributed by atoms with Gasteiger partial charge in [-0.25, -0.2) is 4.98 Å². The lowest BCUT2D eigenvalue weighted by atomic mass is 10.1. The van der Waals surface area contributed by atoms with Crippen LogP contribution in [0.5, 0.6) is 0 Å². The number of nitrogens with two attached hydrogens (primary N) is 1. The van der Waals surface area contributed by atoms with Gasteiger partial charge in [-0.15, -0.1) is 0 Å². The third-order valence-electron chi connectivity index (χ3n) is 5.03. The van der Waals surface area contributed by atoms with Crippen molar-refractivity contribution < 1.29 is 0 Å². The summed E-state index contributed by atoms with van der Waals surface area (Å²) in [5.41, 5.74) is 10.1. The lowest BCUT2D eigenvalue weighted by Gasteiger charge is -2.38. The summed E-state index contributed by atoms with van der Waals surface area (Å²) in [6.45, 7) is 0.547. The first-order valence-corrected chi connectivity index (χ1v) is 10.6. The van der Waals surface area contributed by atoms with Crippen molar-refractivity contribution in [2.45, 2.75) is 6.54 Å². The molecule has 0 bridgehead atoms. The smallest absolute Gasteiger partial charge is 0.229 e. The van der Waals surface area contributed by atoms with Crippen LogP contribution in [-0.2, 0) is 13.6 Å². The molecule has 2 aromatic heterocycles. The minimum Gasteiger partial charge on any atom is -0.399 e. The Morgan fingerprint density at radius 2 is 1.88 bits per heavy atom. The highest BCUT2D eigenvalue weighted by atomic mass is 35.5. The van der Waals surface area contributed by atoms with Crippen LogP contribution < -0.4 is 20.9 Å². The number of aryl methyl sites for hydroxylation is 1. The molecule has 32 heavy (non-hydrogen) atoms. The first kappa shape index (κ1) is 20.2. The third-order valence-corrected chi connectivity index (χ3v) is 5.71. The normalized spacial score (nSPS) is 13.2. The second kappa shape index (κ2) is 8.10. The zero-order chi connectivity index (χ0) is 22.2. The predicted octanol–water partition coefficient (Wildman–Crippen LogP) is 4.63. The van der Waals surface area contributed by atoms with Crippen molar-refractivity contribution in [1.29, 1.82) is 0 Å². The molecule has 0 spiro atoms. The quantitative estimate of drug-likeness (QED) is 0.335. The van der Waals surface area contributed by atoms with E-state index in [0.29, 0.717) is 40.0 Å². The summed E-state index contributed by atoms with van der Waals surface area (Å²) in [7, 11) is 1.79. The minimum absolute atomic E-state index is 0.340. The van der Waals surface area contributed by atoms with E-state index < -0.39 is 0 Å². The lowest BCUT2D eigenvalue weighted by Crippen LogP contribution is -2.45. The lowest BCUT2D eigenvalue weighted by molar-refractivity contribution is 0.768. The minimum atomic E-state index is 0.340. The molecule has 8 nitrogen and oxygen atoms in total. The highest BCUT2D eigenvalue weighted by Gasteiger charge is 2.31. The monoisotopic (exact) mass is 462 g/mol. The SMILES string of the molecule is Cn1cc(Nc2ncc3c(n2)N(c2cccc(N)c2)C(=S)N(c2ccccc2)C3)c(Cl)n1. The van der Waals surface area contributed by atoms with Gasteiger partial charge in [0.25, 0.3) is 0 Å². The Hall–Kier alpha value is -3.69. The number of hydrogen-bond acceptors (Lipinski definition) is 6. The van der Waals surface area contributed by atoms with E-state index in [2.05, 4.69) is 20.3 Å². The van der Waals surface area contributed by atoms with Gasteiger partial charge in [0.05, 0.1) is 17.9 Å². The second-order valence-electron chi connectivity index (χ2n) is 7.31. The summed E-state index contributed by atoms with van der Waals surface area (Å²) >= 11 is 12.1. The van der Waals surface area contributed by atoms with E-state index in [1.165, 1.54) is 0 Å². The number of nitrogens with zero attached hydrogens (tertiary/aromatic N) is 6. The number of anilines is 6. The van der Waals surface area contributed by atoms with E-state index in [1.807, 2.05) is 59.5 Å². The number of fused-ring (bicyclic) bond motifs is 1. The number of hydrogen-bond donors (Lipinski definition) is 2. The zero-order valence-electron chi connectivity index (χ0n) is 17.1. The van der Waals surface area contributed by atoms with Crippen molar-refractivity contribution in [3.63, 3.8) is 0 Å². The highest BCUT2D eigenvalue weighted by Crippen LogP contribution is 2.37. The van der Waals surface area contributed by atoms with Crippen LogP contribution in [0.3, 0.4) is 0 Å². The fraction of sp³-hybridized carbons (Fsp3) is 0.0909. The Labute approximate surface area is 195 Å². The Morgan fingerprint density at radius 3 is 2.59 bits per heavy atom. The summed E-state index contributed by atoms with van der Waals surface area (Å²) < 4.78 is 1.62. The van der Waals surface area contributed by atoms with Gasteiger partial charge in [0, 0.05) is 36.4 Å². The number of nitrogens with one attached hydrogen (secondary N) is 1. The molecule has 0 saturated heterocycles. The molecule has 0 unspecified atom stereocenters. The van der Waals surface area contributed by atoms with Crippen LogP contribution in [0.15, 0.2) is 67.0 Å². The van der Waals surface area contributed by atoms with Gasteiger partial charge in [-0.3, -0.25) is 9.58 Å². The highest BCUT2D eigenvalue weighted by molar-refractivity contribution is 7.80. The standard InChI is InChI=1S/C22H19ClN8S/c1-29-13-18(19(23)28-29)26-21-25-11-14-12-30(16-7-3-2-4-8-16)22(32)31(20(14)27-21)17-9-5-6-15(24)10-17/h2-11,13H,12,24H2,1H3,(H,25,26,27). The molecule has 0 amide bonds. The van der Waals surface area contributed by atoms with E-state index >= 15 is 0 Å². The molecular formula is C22H19ClN8S. The van der Waals surface area contributed by atoms with E-state index in [9.17, 15) is 0 Å². The first-order chi connectivity index (χ1) is 15.5. The predicted molar refractivity (Wildman–Crippen MR) is 132 cm³/mol. The maximum Gasteiger partial charge on any atom is 0.229 e. The van der Waals surface area contributed by atoms with Crippen molar-refractivity contribution in [3.8, 4) is 0 Å². The van der Waals surface area contributed by atoms with Crippen molar-refractivity contribution >= 4 is 63.4 Å². The van der Waals surface area contributed by atoms with Crippen molar-refractivity contribution in [1.82, 2.24) is 19.7 Å². The molecule has 160 valence electrons. The Kier molecular flexibility index (Phi) is 5.12. The van der Waals surface area contributed by atoms with Gasteiger partial charge >= 0.3 is 0 Å². The Balaban J connectivity index is 1.60. The first-order valence-electron chi connectivity index (χ1n) is 9.84.